The van der Waals surface area contributed by atoms with Gasteiger partial charge in [-0.2, -0.15) is 0 Å². The first-order valence-corrected chi connectivity index (χ1v) is 21.4. The number of hydrogen-bond acceptors (Lipinski definition) is 17. The molecular weight excluding hydrogens is 950 g/mol. The van der Waals surface area contributed by atoms with Crippen molar-refractivity contribution in [3.8, 4) is 17.5 Å². The van der Waals surface area contributed by atoms with E-state index in [1.165, 1.54) is 37.4 Å². The number of ether oxygens (including phenoxy) is 1. The van der Waals surface area contributed by atoms with E-state index >= 15 is 0 Å². The Labute approximate surface area is 431 Å². The third-order valence-electron chi connectivity index (χ3n) is 10.1. The molecule has 3 amide bonds. The van der Waals surface area contributed by atoms with Crippen molar-refractivity contribution < 1.29 is 62.6 Å². The smallest absolute Gasteiger partial charge is 0.545 e. The molecule has 9 rings (SSSR count). The van der Waals surface area contributed by atoms with Crippen molar-refractivity contribution in [3.63, 3.8) is 0 Å². The first kappa shape index (κ1) is 53.3. The second-order valence-corrected chi connectivity index (χ2v) is 15.3. The van der Waals surface area contributed by atoms with Crippen molar-refractivity contribution in [3.05, 3.63) is 198 Å². The van der Waals surface area contributed by atoms with Crippen molar-refractivity contribution in [2.45, 2.75) is 20.8 Å². The molecule has 0 aliphatic rings. The fraction of sp³-hybridized carbons (Fsp3) is 0.0816. The average Bonchev–Trinajstić information content (AvgIpc) is 4.25. The number of aryl methyl sites for hydroxylation is 3. The summed E-state index contributed by atoms with van der Waals surface area (Å²) in [6, 6.07) is 23.9. The molecule has 9 aromatic rings. The molecule has 0 radical (unpaired) electrons. The van der Waals surface area contributed by atoms with Gasteiger partial charge in [-0.1, -0.05) is 34.9 Å². The summed E-state index contributed by atoms with van der Waals surface area (Å²) in [6.45, 7) is 5.37. The van der Waals surface area contributed by atoms with Crippen LogP contribution in [-0.4, -0.2) is 107 Å². The van der Waals surface area contributed by atoms with Gasteiger partial charge in [0.2, 0.25) is 0 Å². The molecule has 24 nitrogen and oxygen atoms in total. The Morgan fingerprint density at radius 1 is 0.486 bits per heavy atom. The molecule has 6 aromatic heterocycles. The van der Waals surface area contributed by atoms with Crippen LogP contribution in [0.1, 0.15) is 79.2 Å². The summed E-state index contributed by atoms with van der Waals surface area (Å²) in [5.41, 5.74) is 3.58. The van der Waals surface area contributed by atoms with E-state index in [4.69, 9.17) is 4.74 Å². The van der Waals surface area contributed by atoms with Gasteiger partial charge in [-0.05, 0) is 93.6 Å². The van der Waals surface area contributed by atoms with Gasteiger partial charge in [0.15, 0.2) is 34.5 Å². The summed E-state index contributed by atoms with van der Waals surface area (Å²) in [5, 5.41) is 51.6. The predicted molar refractivity (Wildman–Crippen MR) is 257 cm³/mol. The number of aromatic carboxylic acids is 2. The Hall–Kier alpha value is -10.1. The Bertz CT molecular complexity index is 3260. The van der Waals surface area contributed by atoms with Crippen LogP contribution >= 0.6 is 0 Å². The van der Waals surface area contributed by atoms with Gasteiger partial charge in [0.25, 0.3) is 17.7 Å². The Morgan fingerprint density at radius 3 is 1.12 bits per heavy atom. The van der Waals surface area contributed by atoms with E-state index in [1.807, 2.05) is 6.92 Å². The minimum atomic E-state index is -1.37. The van der Waals surface area contributed by atoms with Crippen molar-refractivity contribution in [2.24, 2.45) is 0 Å². The minimum Gasteiger partial charge on any atom is -0.545 e. The number of carboxylic acids is 2. The number of rotatable bonds is 12. The fourth-order valence-corrected chi connectivity index (χ4v) is 6.42. The number of imidazole rings is 3. The molecule has 0 spiro atoms. The van der Waals surface area contributed by atoms with Crippen LogP contribution in [0.2, 0.25) is 0 Å². The van der Waals surface area contributed by atoms with Gasteiger partial charge in [0.1, 0.15) is 19.0 Å². The maximum Gasteiger partial charge on any atom is 1.00 e. The van der Waals surface area contributed by atoms with E-state index in [0.29, 0.717) is 23.1 Å². The molecule has 0 aliphatic heterocycles. The van der Waals surface area contributed by atoms with Crippen LogP contribution in [0, 0.1) is 20.8 Å². The predicted octanol–water partition coefficient (Wildman–Crippen LogP) is 1.52. The van der Waals surface area contributed by atoms with Crippen molar-refractivity contribution in [2.75, 3.05) is 23.1 Å². The number of methoxy groups -OCH3 is 1. The van der Waals surface area contributed by atoms with Crippen LogP contribution in [0.4, 0.5) is 17.1 Å². The van der Waals surface area contributed by atoms with Gasteiger partial charge in [-0.3, -0.25) is 28.1 Å². The number of carbonyl (C=O) groups is 6. The first-order chi connectivity index (χ1) is 35.2. The molecule has 0 unspecified atom stereocenters. The topological polar surface area (TPSA) is 322 Å². The monoisotopic (exact) mass is 989 g/mol. The van der Waals surface area contributed by atoms with Crippen molar-refractivity contribution in [1.29, 1.82) is 0 Å². The molecule has 0 saturated heterocycles. The summed E-state index contributed by atoms with van der Waals surface area (Å²) in [7, 11) is 1.29. The summed E-state index contributed by atoms with van der Waals surface area (Å²) in [6.07, 6.45) is 14.6. The molecule has 4 N–H and O–H groups in total. The molecule has 0 saturated carbocycles. The summed E-state index contributed by atoms with van der Waals surface area (Å²) in [4.78, 5) is 82.9. The molecule has 0 bridgehead atoms. The van der Waals surface area contributed by atoms with Gasteiger partial charge in [0, 0.05) is 42.7 Å². The molecule has 0 fully saturated rings. The molecule has 366 valence electrons. The van der Waals surface area contributed by atoms with Crippen LogP contribution in [0.3, 0.4) is 0 Å². The standard InChI is InChI=1S/C17H15N5O3.2C16H13N5O3.Li/c1-11-3-4-13(12(9-11)17(24)25-2)19-16(23)14-5-6-15(21-20-14)22-8-7-18-10-22;2*1-10-2-3-12(11(8-10)16(23)24)18-15(22)13-4-5-14(20-19-13)21-7-6-17-9-21;/h3-10H,1-2H3,(H,19,23);2*2-9H,1H3,(H,18,22)(H,23,24);/q;;;+1/p-1. The van der Waals surface area contributed by atoms with E-state index in [1.54, 1.807) is 144 Å². The van der Waals surface area contributed by atoms with E-state index in [0.717, 1.165) is 16.7 Å². The third-order valence-corrected chi connectivity index (χ3v) is 10.1. The maximum absolute atomic E-state index is 12.4. The van der Waals surface area contributed by atoms with E-state index in [2.05, 4.69) is 61.5 Å². The number of benzene rings is 3. The van der Waals surface area contributed by atoms with Crippen LogP contribution in [-0.2, 0) is 4.74 Å². The Kier molecular flexibility index (Phi) is 17.8. The Morgan fingerprint density at radius 2 is 0.824 bits per heavy atom. The second-order valence-electron chi connectivity index (χ2n) is 15.3. The maximum atomic E-state index is 12.4. The SMILES string of the molecule is COC(=O)c1cc(C)ccc1NC(=O)c1ccc(-n2ccnc2)nn1.Cc1ccc(NC(=O)c2ccc(-n3ccnc3)nn2)c(C(=O)O)c1.Cc1ccc(NC(=O)c2ccc(-n3ccnc3)nn2)c(C(=O)[O-])c1.[Li+]. The van der Waals surface area contributed by atoms with Gasteiger partial charge >= 0.3 is 30.8 Å². The molecule has 25 heteroatoms. The summed E-state index contributed by atoms with van der Waals surface area (Å²) < 4.78 is 9.71. The van der Waals surface area contributed by atoms with Crippen LogP contribution in [0.5, 0.6) is 0 Å². The largest absolute Gasteiger partial charge is 1.00 e. The Balaban J connectivity index is 0.000000180. The minimum absolute atomic E-state index is 0. The van der Waals surface area contributed by atoms with Crippen molar-refractivity contribution >= 4 is 52.7 Å². The average molecular weight is 990 g/mol. The van der Waals surface area contributed by atoms with Crippen molar-refractivity contribution in [1.82, 2.24) is 59.2 Å². The molecule has 3 aromatic carbocycles. The number of aromatic nitrogens is 12. The summed E-state index contributed by atoms with van der Waals surface area (Å²) in [5.74, 6) is -3.01. The zero-order valence-corrected chi connectivity index (χ0v) is 39.9. The third kappa shape index (κ3) is 13.6. The van der Waals surface area contributed by atoms with E-state index in [9.17, 15) is 39.0 Å². The zero-order chi connectivity index (χ0) is 52.0. The fourth-order valence-electron chi connectivity index (χ4n) is 6.42. The quantitative estimate of drug-likeness (QED) is 0.0996. The number of hydrogen-bond donors (Lipinski definition) is 4. The number of carbonyl (C=O) groups excluding carboxylic acids is 5. The number of nitrogens with one attached hydrogen (secondary N) is 3. The number of carboxylic acid groups (broad SMARTS) is 2. The summed E-state index contributed by atoms with van der Waals surface area (Å²) >= 11 is 0. The number of anilines is 3. The van der Waals surface area contributed by atoms with Gasteiger partial charge in [-0.25, -0.2) is 24.5 Å². The molecule has 0 atom stereocenters. The van der Waals surface area contributed by atoms with E-state index in [-0.39, 0.29) is 64.0 Å². The molecule has 6 heterocycles. The van der Waals surface area contributed by atoms with Gasteiger partial charge in [-0.15, -0.1) is 30.6 Å². The van der Waals surface area contributed by atoms with Crippen LogP contribution in [0.25, 0.3) is 17.5 Å². The molecular formula is C49H40LiN15O9. The molecule has 0 aliphatic carbocycles. The second kappa shape index (κ2) is 24.7. The van der Waals surface area contributed by atoms with Crippen LogP contribution < -0.4 is 39.9 Å². The number of amides is 3. The van der Waals surface area contributed by atoms with E-state index < -0.39 is 35.6 Å². The normalized spacial score (nSPS) is 10.2. The number of nitrogens with zero attached hydrogens (tertiary/aromatic N) is 12. The van der Waals surface area contributed by atoms with Gasteiger partial charge < -0.3 is 35.7 Å². The molecule has 74 heavy (non-hydrogen) atoms. The van der Waals surface area contributed by atoms with Gasteiger partial charge in [0.05, 0.1) is 41.3 Å². The first-order valence-electron chi connectivity index (χ1n) is 21.4. The zero-order valence-electron chi connectivity index (χ0n) is 39.9. The van der Waals surface area contributed by atoms with Crippen LogP contribution in [0.15, 0.2) is 147 Å². The number of esters is 1.